The summed E-state index contributed by atoms with van der Waals surface area (Å²) >= 11 is 0. The molecule has 118 valence electrons. The van der Waals surface area contributed by atoms with Gasteiger partial charge in [0.2, 0.25) is 0 Å². The zero-order chi connectivity index (χ0) is 14.5. The first-order valence-corrected chi connectivity index (χ1v) is 8.78. The van der Waals surface area contributed by atoms with E-state index in [0.29, 0.717) is 12.7 Å². The highest BCUT2D eigenvalue weighted by molar-refractivity contribution is 4.81. The second-order valence-corrected chi connectivity index (χ2v) is 5.91. The van der Waals surface area contributed by atoms with Crippen LogP contribution in [-0.2, 0) is 9.47 Å². The Balaban J connectivity index is 1.94. The van der Waals surface area contributed by atoms with Crippen molar-refractivity contribution in [3.05, 3.63) is 12.2 Å². The fourth-order valence-corrected chi connectivity index (χ4v) is 2.67. The van der Waals surface area contributed by atoms with Gasteiger partial charge in [0, 0.05) is 6.42 Å². The third-order valence-corrected chi connectivity index (χ3v) is 3.97. The summed E-state index contributed by atoms with van der Waals surface area (Å²) in [5.74, 6) is 0. The average molecular weight is 282 g/mol. The van der Waals surface area contributed by atoms with Gasteiger partial charge in [-0.3, -0.25) is 0 Å². The molecule has 2 nitrogen and oxygen atoms in total. The van der Waals surface area contributed by atoms with Crippen molar-refractivity contribution in [1.82, 2.24) is 0 Å². The van der Waals surface area contributed by atoms with Gasteiger partial charge in [0.05, 0.1) is 12.7 Å². The van der Waals surface area contributed by atoms with Crippen molar-refractivity contribution >= 4 is 0 Å². The summed E-state index contributed by atoms with van der Waals surface area (Å²) in [7, 11) is 0. The number of ether oxygens (including phenoxy) is 2. The standard InChI is InChI=1S/C18H34O2/c1-3-5-7-8-9-10-12-16-19-18-15-14-17(20-18)13-11-6-4-2/h10,12,17-18H,3-9,11,13-16H2,1-2H3/b12-10-/t17-,18-/m1/s1. The molecule has 2 heteroatoms. The Kier molecular flexibility index (Phi) is 11.0. The largest absolute Gasteiger partial charge is 0.349 e. The van der Waals surface area contributed by atoms with Gasteiger partial charge in [-0.25, -0.2) is 0 Å². The summed E-state index contributed by atoms with van der Waals surface area (Å²) < 4.78 is 11.7. The zero-order valence-electron chi connectivity index (χ0n) is 13.6. The molecule has 0 N–H and O–H groups in total. The molecule has 20 heavy (non-hydrogen) atoms. The van der Waals surface area contributed by atoms with E-state index in [9.17, 15) is 0 Å². The molecule has 1 heterocycles. The van der Waals surface area contributed by atoms with Crippen molar-refractivity contribution < 1.29 is 9.47 Å². The van der Waals surface area contributed by atoms with E-state index >= 15 is 0 Å². The van der Waals surface area contributed by atoms with Gasteiger partial charge in [-0.05, 0) is 25.7 Å². The first kappa shape index (κ1) is 17.7. The molecule has 1 aliphatic rings. The Morgan fingerprint density at radius 2 is 1.75 bits per heavy atom. The number of hydrogen-bond donors (Lipinski definition) is 0. The predicted molar refractivity (Wildman–Crippen MR) is 85.9 cm³/mol. The summed E-state index contributed by atoms with van der Waals surface area (Å²) in [5.41, 5.74) is 0. The van der Waals surface area contributed by atoms with E-state index in [4.69, 9.17) is 9.47 Å². The lowest BCUT2D eigenvalue weighted by Gasteiger charge is -2.13. The van der Waals surface area contributed by atoms with Crippen LogP contribution in [0.25, 0.3) is 0 Å². The normalized spacial score (nSPS) is 22.9. The van der Waals surface area contributed by atoms with Crippen molar-refractivity contribution in [2.24, 2.45) is 0 Å². The molecule has 0 aromatic carbocycles. The maximum atomic E-state index is 5.91. The van der Waals surface area contributed by atoms with Crippen LogP contribution < -0.4 is 0 Å². The van der Waals surface area contributed by atoms with Gasteiger partial charge in [0.15, 0.2) is 6.29 Å². The lowest BCUT2D eigenvalue weighted by molar-refractivity contribution is -0.127. The van der Waals surface area contributed by atoms with Gasteiger partial charge < -0.3 is 9.47 Å². The number of rotatable bonds is 12. The summed E-state index contributed by atoms with van der Waals surface area (Å²) in [5, 5.41) is 0. The van der Waals surface area contributed by atoms with Crippen LogP contribution >= 0.6 is 0 Å². The maximum absolute atomic E-state index is 5.91. The van der Waals surface area contributed by atoms with Crippen LogP contribution in [0.5, 0.6) is 0 Å². The molecule has 0 bridgehead atoms. The van der Waals surface area contributed by atoms with Crippen molar-refractivity contribution in [1.29, 1.82) is 0 Å². The van der Waals surface area contributed by atoms with E-state index in [1.807, 2.05) is 0 Å². The Morgan fingerprint density at radius 3 is 2.55 bits per heavy atom. The molecule has 1 saturated heterocycles. The molecule has 0 unspecified atom stereocenters. The van der Waals surface area contributed by atoms with Gasteiger partial charge in [-0.15, -0.1) is 0 Å². The minimum atomic E-state index is 0.0476. The van der Waals surface area contributed by atoms with Crippen LogP contribution in [0.15, 0.2) is 12.2 Å². The van der Waals surface area contributed by atoms with Gasteiger partial charge in [-0.1, -0.05) is 64.5 Å². The van der Waals surface area contributed by atoms with Gasteiger partial charge in [-0.2, -0.15) is 0 Å². The molecule has 1 fully saturated rings. The van der Waals surface area contributed by atoms with Crippen LogP contribution in [-0.4, -0.2) is 19.0 Å². The molecule has 0 aromatic rings. The molecule has 0 aromatic heterocycles. The lowest BCUT2D eigenvalue weighted by Crippen LogP contribution is -2.14. The van der Waals surface area contributed by atoms with Crippen molar-refractivity contribution in [2.45, 2.75) is 96.9 Å². The van der Waals surface area contributed by atoms with E-state index in [2.05, 4.69) is 26.0 Å². The Morgan fingerprint density at radius 1 is 0.950 bits per heavy atom. The number of allylic oxidation sites excluding steroid dienone is 1. The monoisotopic (exact) mass is 282 g/mol. The summed E-state index contributed by atoms with van der Waals surface area (Å²) in [6, 6.07) is 0. The van der Waals surface area contributed by atoms with E-state index in [1.165, 1.54) is 64.2 Å². The molecule has 0 saturated carbocycles. The first-order valence-electron chi connectivity index (χ1n) is 8.78. The third-order valence-electron chi connectivity index (χ3n) is 3.97. The van der Waals surface area contributed by atoms with E-state index < -0.39 is 0 Å². The highest BCUT2D eigenvalue weighted by Gasteiger charge is 2.24. The Labute approximate surface area is 125 Å². The Bertz CT molecular complexity index is 238. The first-order chi connectivity index (χ1) is 9.86. The van der Waals surface area contributed by atoms with E-state index in [-0.39, 0.29) is 6.29 Å². The van der Waals surface area contributed by atoms with Gasteiger partial charge in [0.1, 0.15) is 0 Å². The molecule has 2 atom stereocenters. The van der Waals surface area contributed by atoms with E-state index in [1.54, 1.807) is 0 Å². The fraction of sp³-hybridized carbons (Fsp3) is 0.889. The molecular weight excluding hydrogens is 248 g/mol. The Hall–Kier alpha value is -0.340. The van der Waals surface area contributed by atoms with Crippen molar-refractivity contribution in [2.75, 3.05) is 6.61 Å². The van der Waals surface area contributed by atoms with Crippen LogP contribution in [0, 0.1) is 0 Å². The lowest BCUT2D eigenvalue weighted by atomic mass is 10.1. The van der Waals surface area contributed by atoms with Gasteiger partial charge in [0.25, 0.3) is 0 Å². The summed E-state index contributed by atoms with van der Waals surface area (Å²) in [4.78, 5) is 0. The SMILES string of the molecule is CCCCCC/C=C\CO[C@H]1CC[C@@H](CCCCC)O1. The number of unbranched alkanes of at least 4 members (excludes halogenated alkanes) is 6. The highest BCUT2D eigenvalue weighted by Crippen LogP contribution is 2.24. The predicted octanol–water partition coefficient (Wildman–Crippen LogP) is 5.62. The second kappa shape index (κ2) is 12.4. The summed E-state index contributed by atoms with van der Waals surface area (Å²) in [6.07, 6.45) is 18.8. The molecule has 1 aliphatic heterocycles. The third kappa shape index (κ3) is 8.76. The van der Waals surface area contributed by atoms with Crippen LogP contribution in [0.4, 0.5) is 0 Å². The maximum Gasteiger partial charge on any atom is 0.158 e. The number of hydrogen-bond acceptors (Lipinski definition) is 2. The van der Waals surface area contributed by atoms with E-state index in [0.717, 1.165) is 6.42 Å². The molecule has 0 amide bonds. The smallest absolute Gasteiger partial charge is 0.158 e. The summed E-state index contributed by atoms with van der Waals surface area (Å²) in [6.45, 7) is 5.21. The fourth-order valence-electron chi connectivity index (χ4n) is 2.67. The molecule has 1 rings (SSSR count). The molecule has 0 radical (unpaired) electrons. The van der Waals surface area contributed by atoms with Crippen LogP contribution in [0.1, 0.15) is 84.5 Å². The highest BCUT2D eigenvalue weighted by atomic mass is 16.7. The van der Waals surface area contributed by atoms with Gasteiger partial charge >= 0.3 is 0 Å². The topological polar surface area (TPSA) is 18.5 Å². The minimum absolute atomic E-state index is 0.0476. The molecular formula is C18H34O2. The minimum Gasteiger partial charge on any atom is -0.349 e. The molecule has 0 spiro atoms. The van der Waals surface area contributed by atoms with Crippen molar-refractivity contribution in [3.63, 3.8) is 0 Å². The second-order valence-electron chi connectivity index (χ2n) is 5.91. The van der Waals surface area contributed by atoms with Crippen LogP contribution in [0.3, 0.4) is 0 Å². The van der Waals surface area contributed by atoms with Crippen molar-refractivity contribution in [3.8, 4) is 0 Å². The van der Waals surface area contributed by atoms with Crippen LogP contribution in [0.2, 0.25) is 0 Å². The molecule has 0 aliphatic carbocycles. The average Bonchev–Trinajstić information content (AvgIpc) is 2.90. The quantitative estimate of drug-likeness (QED) is 0.342. The zero-order valence-corrected chi connectivity index (χ0v) is 13.6.